The molecule has 0 amide bonds. The lowest BCUT2D eigenvalue weighted by atomic mass is 9.95. The number of hydrazone groups is 1. The minimum atomic E-state index is -0.540. The lowest BCUT2D eigenvalue weighted by Crippen LogP contribution is -2.33. The van der Waals surface area contributed by atoms with Crippen LogP contribution in [0.15, 0.2) is 65.8 Å². The summed E-state index contributed by atoms with van der Waals surface area (Å²) in [7, 11) is 3.19. The number of hydrogen-bond donors (Lipinski definition) is 0. The van der Waals surface area contributed by atoms with Crippen LogP contribution in [0.25, 0.3) is 0 Å². The van der Waals surface area contributed by atoms with Gasteiger partial charge >= 0.3 is 0 Å². The maximum Gasteiger partial charge on any atom is 0.269 e. The van der Waals surface area contributed by atoms with Crippen molar-refractivity contribution in [3.63, 3.8) is 0 Å². The fraction of sp³-hybridized carbons (Fsp3) is 0.208. The van der Waals surface area contributed by atoms with Crippen LogP contribution < -0.4 is 14.2 Å². The lowest BCUT2D eigenvalue weighted by Gasteiger charge is -2.38. The van der Waals surface area contributed by atoms with Crippen LogP contribution in [0.2, 0.25) is 5.02 Å². The Kier molecular flexibility index (Phi) is 5.30. The van der Waals surface area contributed by atoms with Crippen molar-refractivity contribution in [3.05, 3.63) is 92.5 Å². The number of non-ortho nitro benzene ring substituents is 1. The average molecular weight is 466 g/mol. The molecular weight excluding hydrogens is 446 g/mol. The van der Waals surface area contributed by atoms with Crippen LogP contribution in [-0.4, -0.2) is 29.9 Å². The van der Waals surface area contributed by atoms with Crippen molar-refractivity contribution < 1.29 is 19.1 Å². The summed E-state index contributed by atoms with van der Waals surface area (Å²) in [6, 6.07) is 17.5. The highest BCUT2D eigenvalue weighted by Gasteiger charge is 2.41. The Hall–Kier alpha value is -3.78. The Balaban J connectivity index is 1.57. The van der Waals surface area contributed by atoms with E-state index in [0.717, 1.165) is 22.4 Å². The Morgan fingerprint density at radius 3 is 2.52 bits per heavy atom. The highest BCUT2D eigenvalue weighted by Crippen LogP contribution is 2.48. The minimum absolute atomic E-state index is 0.0224. The van der Waals surface area contributed by atoms with Crippen LogP contribution in [0, 0.1) is 10.1 Å². The molecule has 0 aliphatic carbocycles. The van der Waals surface area contributed by atoms with Crippen molar-refractivity contribution in [1.82, 2.24) is 5.01 Å². The zero-order chi connectivity index (χ0) is 23.1. The van der Waals surface area contributed by atoms with Crippen molar-refractivity contribution in [3.8, 4) is 17.2 Å². The van der Waals surface area contributed by atoms with Gasteiger partial charge in [-0.25, -0.2) is 5.01 Å². The van der Waals surface area contributed by atoms with Crippen molar-refractivity contribution in [1.29, 1.82) is 0 Å². The van der Waals surface area contributed by atoms with Gasteiger partial charge in [0.15, 0.2) is 11.5 Å². The van der Waals surface area contributed by atoms with Gasteiger partial charge in [-0.2, -0.15) is 5.10 Å². The Morgan fingerprint density at radius 2 is 1.82 bits per heavy atom. The van der Waals surface area contributed by atoms with Gasteiger partial charge in [-0.3, -0.25) is 10.1 Å². The lowest BCUT2D eigenvalue weighted by molar-refractivity contribution is -0.384. The third-order valence-electron chi connectivity index (χ3n) is 5.86. The molecule has 0 fully saturated rings. The summed E-state index contributed by atoms with van der Waals surface area (Å²) in [5, 5.41) is 18.5. The van der Waals surface area contributed by atoms with Gasteiger partial charge in [0.05, 0.1) is 30.9 Å². The molecule has 33 heavy (non-hydrogen) atoms. The fourth-order valence-electron chi connectivity index (χ4n) is 4.23. The van der Waals surface area contributed by atoms with E-state index in [1.165, 1.54) is 12.1 Å². The summed E-state index contributed by atoms with van der Waals surface area (Å²) in [4.78, 5) is 10.7. The zero-order valence-corrected chi connectivity index (χ0v) is 18.7. The second-order valence-corrected chi connectivity index (χ2v) is 8.15. The Bertz CT molecular complexity index is 1260. The molecular formula is C24H20ClN3O5. The van der Waals surface area contributed by atoms with E-state index >= 15 is 0 Å². The largest absolute Gasteiger partial charge is 0.493 e. The Morgan fingerprint density at radius 1 is 1.06 bits per heavy atom. The highest BCUT2D eigenvalue weighted by molar-refractivity contribution is 6.30. The zero-order valence-electron chi connectivity index (χ0n) is 17.9. The number of ether oxygens (including phenoxy) is 3. The van der Waals surface area contributed by atoms with Crippen LogP contribution in [-0.2, 0) is 0 Å². The second-order valence-electron chi connectivity index (χ2n) is 7.72. The first-order valence-electron chi connectivity index (χ1n) is 10.3. The van der Waals surface area contributed by atoms with Crippen LogP contribution >= 0.6 is 11.6 Å². The molecule has 8 nitrogen and oxygen atoms in total. The van der Waals surface area contributed by atoms with Gasteiger partial charge < -0.3 is 14.2 Å². The van der Waals surface area contributed by atoms with Crippen molar-refractivity contribution in [2.45, 2.75) is 18.7 Å². The standard InChI is InChI=1S/C24H20ClN3O5/c1-31-22-9-5-15(11-23(22)32-2)19-13-20-18-12-16(25)6-10-21(18)33-24(27(20)26-19)14-3-7-17(8-4-14)28(29)30/h3-12,20,24H,13H2,1-2H3/t20-,24-/m0/s1. The number of fused-ring (bicyclic) bond motifs is 3. The van der Waals surface area contributed by atoms with Crippen molar-refractivity contribution in [2.24, 2.45) is 5.10 Å². The van der Waals surface area contributed by atoms with Crippen LogP contribution in [0.4, 0.5) is 5.69 Å². The third-order valence-corrected chi connectivity index (χ3v) is 6.09. The molecule has 168 valence electrons. The quantitative estimate of drug-likeness (QED) is 0.365. The number of rotatable bonds is 5. The molecule has 2 heterocycles. The molecule has 0 unspecified atom stereocenters. The molecule has 2 aliphatic rings. The minimum Gasteiger partial charge on any atom is -0.493 e. The first-order valence-corrected chi connectivity index (χ1v) is 10.6. The van der Waals surface area contributed by atoms with Gasteiger partial charge in [0.25, 0.3) is 5.69 Å². The van der Waals surface area contributed by atoms with Gasteiger partial charge in [0.2, 0.25) is 6.23 Å². The van der Waals surface area contributed by atoms with Gasteiger partial charge in [-0.15, -0.1) is 0 Å². The monoisotopic (exact) mass is 465 g/mol. The summed E-state index contributed by atoms with van der Waals surface area (Å²) in [6.45, 7) is 0. The van der Waals surface area contributed by atoms with Crippen molar-refractivity contribution >= 4 is 23.0 Å². The average Bonchev–Trinajstić information content (AvgIpc) is 3.29. The molecule has 0 bridgehead atoms. The molecule has 3 aromatic rings. The van der Waals surface area contributed by atoms with Crippen LogP contribution in [0.1, 0.15) is 35.4 Å². The predicted molar refractivity (Wildman–Crippen MR) is 123 cm³/mol. The highest BCUT2D eigenvalue weighted by atomic mass is 35.5. The molecule has 5 rings (SSSR count). The number of nitro benzene ring substituents is 1. The molecule has 9 heteroatoms. The number of methoxy groups -OCH3 is 2. The van der Waals surface area contributed by atoms with E-state index < -0.39 is 11.2 Å². The molecule has 3 aromatic carbocycles. The van der Waals surface area contributed by atoms with Crippen LogP contribution in [0.3, 0.4) is 0 Å². The van der Waals surface area contributed by atoms with Gasteiger partial charge in [-0.1, -0.05) is 11.6 Å². The molecule has 0 spiro atoms. The maximum absolute atomic E-state index is 11.1. The Labute approximate surface area is 195 Å². The van der Waals surface area contributed by atoms with E-state index in [1.807, 2.05) is 35.3 Å². The van der Waals surface area contributed by atoms with E-state index in [4.69, 9.17) is 30.9 Å². The molecule has 2 aliphatic heterocycles. The van der Waals surface area contributed by atoms with Crippen LogP contribution in [0.5, 0.6) is 17.2 Å². The van der Waals surface area contributed by atoms with Gasteiger partial charge in [0, 0.05) is 40.3 Å². The van der Waals surface area contributed by atoms with E-state index in [2.05, 4.69) is 0 Å². The number of hydrogen-bond acceptors (Lipinski definition) is 7. The fourth-order valence-corrected chi connectivity index (χ4v) is 4.41. The summed E-state index contributed by atoms with van der Waals surface area (Å²) in [6.07, 6.45) is 0.0949. The SMILES string of the molecule is COc1ccc(C2=NN3[C@@H](C2)c2cc(Cl)ccc2O[C@H]3c2ccc([N+](=O)[O-])cc2)cc1OC. The number of benzene rings is 3. The number of nitro groups is 1. The topological polar surface area (TPSA) is 86.4 Å². The molecule has 0 radical (unpaired) electrons. The normalized spacial score (nSPS) is 18.6. The maximum atomic E-state index is 11.1. The molecule has 0 N–H and O–H groups in total. The smallest absolute Gasteiger partial charge is 0.269 e. The van der Waals surface area contributed by atoms with Gasteiger partial charge in [-0.05, 0) is 48.5 Å². The molecule has 0 aromatic heterocycles. The predicted octanol–water partition coefficient (Wildman–Crippen LogP) is 5.51. The first kappa shape index (κ1) is 21.1. The molecule has 2 atom stereocenters. The molecule has 0 saturated heterocycles. The van der Waals surface area contributed by atoms with Crippen molar-refractivity contribution in [2.75, 3.05) is 14.2 Å². The van der Waals surface area contributed by atoms with E-state index in [0.29, 0.717) is 28.7 Å². The third kappa shape index (κ3) is 3.72. The summed E-state index contributed by atoms with van der Waals surface area (Å²) in [5.41, 5.74) is 3.51. The van der Waals surface area contributed by atoms with Gasteiger partial charge in [0.1, 0.15) is 5.75 Å². The van der Waals surface area contributed by atoms with E-state index in [-0.39, 0.29) is 11.7 Å². The summed E-state index contributed by atoms with van der Waals surface area (Å²) < 4.78 is 17.1. The number of nitrogens with zero attached hydrogens (tertiary/aromatic N) is 3. The number of halogens is 1. The van der Waals surface area contributed by atoms with E-state index in [1.54, 1.807) is 32.4 Å². The molecule has 0 saturated carbocycles. The first-order chi connectivity index (χ1) is 16.0. The summed E-state index contributed by atoms with van der Waals surface area (Å²) >= 11 is 6.29. The summed E-state index contributed by atoms with van der Waals surface area (Å²) in [5.74, 6) is 1.98. The second kappa shape index (κ2) is 8.29. The van der Waals surface area contributed by atoms with E-state index in [9.17, 15) is 10.1 Å².